The molecule has 0 aromatic heterocycles. The highest BCUT2D eigenvalue weighted by Crippen LogP contribution is 2.30. The fourth-order valence-corrected chi connectivity index (χ4v) is 2.79. The second-order valence-electron chi connectivity index (χ2n) is 7.01. The molecule has 0 aromatic rings. The smallest absolute Gasteiger partial charge is 0.270 e. The molecule has 0 unspecified atom stereocenters. The first-order chi connectivity index (χ1) is 11.5. The summed E-state index contributed by atoms with van der Waals surface area (Å²) < 4.78 is 45.4. The molecule has 0 amide bonds. The molecule has 0 aliphatic rings. The summed E-state index contributed by atoms with van der Waals surface area (Å²) in [7, 11) is -4.03. The maximum atomic E-state index is 11.1. The van der Waals surface area contributed by atoms with Crippen LogP contribution in [0.3, 0.4) is 0 Å². The quantitative estimate of drug-likeness (QED) is 0.131. The van der Waals surface area contributed by atoms with Crippen LogP contribution in [-0.2, 0) is 29.0 Å². The van der Waals surface area contributed by atoms with E-state index in [0.717, 1.165) is 31.3 Å². The van der Waals surface area contributed by atoms with Crippen molar-refractivity contribution in [3.05, 3.63) is 0 Å². The molecule has 2 N–H and O–H groups in total. The first-order valence-electron chi connectivity index (χ1n) is 8.30. The van der Waals surface area contributed by atoms with E-state index >= 15 is 0 Å². The largest absolute Gasteiger partial charge is 0.381 e. The van der Waals surface area contributed by atoms with Gasteiger partial charge < -0.3 is 9.47 Å². The molecule has 0 radical (unpaired) electrons. The second-order valence-corrected chi connectivity index (χ2v) is 10.5. The minimum Gasteiger partial charge on any atom is -0.381 e. The van der Waals surface area contributed by atoms with E-state index < -0.39 is 14.9 Å². The minimum atomic E-state index is -4.03. The Kier molecular flexibility index (Phi) is 12.5. The Labute approximate surface area is 155 Å². The van der Waals surface area contributed by atoms with Crippen molar-refractivity contribution in [2.45, 2.75) is 69.3 Å². The van der Waals surface area contributed by atoms with E-state index in [1.165, 1.54) is 13.8 Å². The van der Waals surface area contributed by atoms with E-state index in [-0.39, 0.29) is 4.75 Å². The third-order valence-corrected chi connectivity index (χ3v) is 6.09. The van der Waals surface area contributed by atoms with Crippen LogP contribution in [0.1, 0.15) is 59.8 Å². The van der Waals surface area contributed by atoms with Gasteiger partial charge in [0.25, 0.3) is 10.1 Å². The molecule has 0 aliphatic carbocycles. The molecule has 0 saturated carbocycles. The summed E-state index contributed by atoms with van der Waals surface area (Å²) >= 11 is 1.06. The fraction of sp³-hybridized carbons (Fsp3) is 1.00. The first-order valence-corrected chi connectivity index (χ1v) is 10.5. The zero-order chi connectivity index (χ0) is 19.4. The lowest BCUT2D eigenvalue weighted by Gasteiger charge is -2.20. The number of hydrogen-bond donors (Lipinski definition) is 2. The van der Waals surface area contributed by atoms with Crippen molar-refractivity contribution in [3.63, 3.8) is 0 Å². The predicted molar refractivity (Wildman–Crippen MR) is 96.8 cm³/mol. The van der Waals surface area contributed by atoms with E-state index in [1.54, 1.807) is 0 Å². The molecule has 0 heterocycles. The van der Waals surface area contributed by atoms with Gasteiger partial charge in [0.1, 0.15) is 0 Å². The molecule has 25 heavy (non-hydrogen) atoms. The zero-order valence-electron chi connectivity index (χ0n) is 15.5. The van der Waals surface area contributed by atoms with Gasteiger partial charge in [-0.15, -0.1) is 4.33 Å². The summed E-state index contributed by atoms with van der Waals surface area (Å²) in [6, 6.07) is 0. The van der Waals surface area contributed by atoms with Crippen LogP contribution >= 0.6 is 12.0 Å². The molecule has 0 atom stereocenters. The Morgan fingerprint density at radius 1 is 0.880 bits per heavy atom. The number of rotatable bonds is 16. The summed E-state index contributed by atoms with van der Waals surface area (Å²) in [5.74, 6) is 0. The molecular formula is C15H32O8S2. The third kappa shape index (κ3) is 13.0. The van der Waals surface area contributed by atoms with Gasteiger partial charge in [0.2, 0.25) is 0 Å². The topological polar surface area (TPSA) is 112 Å². The van der Waals surface area contributed by atoms with E-state index in [4.69, 9.17) is 19.3 Å². The van der Waals surface area contributed by atoms with Crippen molar-refractivity contribution in [2.24, 2.45) is 0 Å². The first kappa shape index (κ1) is 25.1. The molecule has 0 saturated heterocycles. The Morgan fingerprint density at radius 2 is 1.36 bits per heavy atom. The molecule has 8 nitrogen and oxygen atoms in total. The van der Waals surface area contributed by atoms with Gasteiger partial charge in [-0.05, 0) is 59.8 Å². The number of ether oxygens (including phenoxy) is 2. The summed E-state index contributed by atoms with van der Waals surface area (Å²) in [5.41, 5.74) is 0. The third-order valence-electron chi connectivity index (χ3n) is 3.70. The van der Waals surface area contributed by atoms with Gasteiger partial charge in [-0.25, -0.2) is 5.26 Å². The molecule has 10 heteroatoms. The minimum absolute atomic E-state index is 0.176. The molecule has 0 aliphatic heterocycles. The highest BCUT2D eigenvalue weighted by molar-refractivity contribution is 7.95. The predicted octanol–water partition coefficient (Wildman–Crippen LogP) is 3.48. The van der Waals surface area contributed by atoms with Crippen molar-refractivity contribution in [2.75, 3.05) is 26.4 Å². The Balaban J connectivity index is 3.48. The average molecular weight is 405 g/mol. The van der Waals surface area contributed by atoms with Gasteiger partial charge in [-0.1, -0.05) is 5.04 Å². The molecule has 0 aromatic carbocycles. The maximum Gasteiger partial charge on any atom is 0.270 e. The maximum absolute atomic E-state index is 11.1. The summed E-state index contributed by atoms with van der Waals surface area (Å²) in [5, 5.41) is 11.7. The molecule has 0 bridgehead atoms. The van der Waals surface area contributed by atoms with Crippen molar-refractivity contribution < 1.29 is 37.1 Å². The van der Waals surface area contributed by atoms with Crippen molar-refractivity contribution >= 4 is 22.2 Å². The van der Waals surface area contributed by atoms with Crippen LogP contribution in [0.15, 0.2) is 0 Å². The van der Waals surface area contributed by atoms with Gasteiger partial charge >= 0.3 is 0 Å². The van der Waals surface area contributed by atoms with E-state index in [1.807, 2.05) is 13.8 Å². The lowest BCUT2D eigenvalue weighted by atomic mass is 10.1. The Hall–Kier alpha value is 0.0600. The molecule has 0 rings (SSSR count). The van der Waals surface area contributed by atoms with E-state index in [2.05, 4.69) is 9.37 Å². The van der Waals surface area contributed by atoms with Crippen LogP contribution in [0.4, 0.5) is 0 Å². The summed E-state index contributed by atoms with van der Waals surface area (Å²) in [6.45, 7) is 9.19. The van der Waals surface area contributed by atoms with E-state index in [9.17, 15) is 8.42 Å². The Bertz CT molecular complexity index is 437. The van der Waals surface area contributed by atoms with Crippen LogP contribution in [0.5, 0.6) is 0 Å². The highest BCUT2D eigenvalue weighted by atomic mass is 32.2. The zero-order valence-corrected chi connectivity index (χ0v) is 17.2. The summed E-state index contributed by atoms with van der Waals surface area (Å²) in [6.07, 6.45) is 3.39. The fourth-order valence-electron chi connectivity index (χ4n) is 1.95. The van der Waals surface area contributed by atoms with Crippen LogP contribution in [0.2, 0.25) is 0 Å². The highest BCUT2D eigenvalue weighted by Gasteiger charge is 2.31. The van der Waals surface area contributed by atoms with Crippen LogP contribution < -0.4 is 0 Å². The van der Waals surface area contributed by atoms with Gasteiger partial charge in [-0.3, -0.25) is 4.55 Å². The molecule has 0 spiro atoms. The molecule has 152 valence electrons. The normalized spacial score (nSPS) is 13.4. The second kappa shape index (κ2) is 12.4. The van der Waals surface area contributed by atoms with Crippen molar-refractivity contribution in [1.29, 1.82) is 0 Å². The standard InChI is InChI=1S/C15H32O8S2/c1-14(2,24-23-22-16)8-5-10-20-12-7-13-21-11-6-9-15(3,4)25(17,18)19/h16H,5-13H2,1-4H3,(H,17,18,19). The number of hydrogen-bond acceptors (Lipinski definition) is 8. The van der Waals surface area contributed by atoms with Gasteiger partial charge in [0, 0.05) is 43.2 Å². The van der Waals surface area contributed by atoms with Crippen LogP contribution in [0, 0.1) is 0 Å². The lowest BCUT2D eigenvalue weighted by molar-refractivity contribution is -0.432. The SMILES string of the molecule is CC(C)(CCCOCCCOCCCC(C)(C)S(=O)(=O)O)SOOO. The van der Waals surface area contributed by atoms with Gasteiger partial charge in [-0.2, -0.15) is 8.42 Å². The lowest BCUT2D eigenvalue weighted by Crippen LogP contribution is -2.31. The van der Waals surface area contributed by atoms with Crippen LogP contribution in [-0.4, -0.2) is 54.1 Å². The van der Waals surface area contributed by atoms with Crippen molar-refractivity contribution in [3.8, 4) is 0 Å². The van der Waals surface area contributed by atoms with Gasteiger partial charge in [0.05, 0.1) is 4.75 Å². The van der Waals surface area contributed by atoms with Crippen LogP contribution in [0.25, 0.3) is 0 Å². The monoisotopic (exact) mass is 404 g/mol. The van der Waals surface area contributed by atoms with E-state index in [0.29, 0.717) is 39.3 Å². The molecule has 0 fully saturated rings. The molecular weight excluding hydrogens is 372 g/mol. The summed E-state index contributed by atoms with van der Waals surface area (Å²) in [4.78, 5) is 0. The Morgan fingerprint density at radius 3 is 1.84 bits per heavy atom. The average Bonchev–Trinajstić information content (AvgIpc) is 2.49. The van der Waals surface area contributed by atoms with Crippen molar-refractivity contribution in [1.82, 2.24) is 0 Å². The van der Waals surface area contributed by atoms with Gasteiger partial charge in [0.15, 0.2) is 0 Å².